The van der Waals surface area contributed by atoms with Gasteiger partial charge in [-0.25, -0.2) is 0 Å². The second-order valence-corrected chi connectivity index (χ2v) is 19.2. The fourth-order valence-corrected chi connectivity index (χ4v) is 12.6. The van der Waals surface area contributed by atoms with Gasteiger partial charge in [0.15, 0.2) is 0 Å². The fraction of sp³-hybridized carbons (Fsp3) is 0.500. The van der Waals surface area contributed by atoms with Crippen molar-refractivity contribution in [2.75, 3.05) is 0 Å². The van der Waals surface area contributed by atoms with Gasteiger partial charge in [0.25, 0.3) is 0 Å². The van der Waals surface area contributed by atoms with Gasteiger partial charge in [-0.2, -0.15) is 0 Å². The average Bonchev–Trinajstić information content (AvgIpc) is 2.33. The second kappa shape index (κ2) is 5.66. The van der Waals surface area contributed by atoms with Gasteiger partial charge in [-0.15, -0.1) is 0 Å². The van der Waals surface area contributed by atoms with Crippen molar-refractivity contribution in [3.8, 4) is 0 Å². The summed E-state index contributed by atoms with van der Waals surface area (Å²) in [6.45, 7) is 6.81. The molecule has 0 atom stereocenters. The van der Waals surface area contributed by atoms with Gasteiger partial charge in [-0.3, -0.25) is 0 Å². The summed E-state index contributed by atoms with van der Waals surface area (Å²) < 4.78 is 5.26. The minimum absolute atomic E-state index is 0.201. The van der Waals surface area contributed by atoms with Crippen molar-refractivity contribution >= 4 is 27.6 Å². The van der Waals surface area contributed by atoms with Crippen LogP contribution in [0.4, 0.5) is 5.69 Å². The molecule has 0 amide bonds. The van der Waals surface area contributed by atoms with Crippen LogP contribution in [0, 0.1) is 10.1 Å². The Morgan fingerprint density at radius 1 is 1.06 bits per heavy atom. The zero-order valence-electron chi connectivity index (χ0n) is 10.2. The van der Waals surface area contributed by atoms with Crippen LogP contribution in [0.5, 0.6) is 0 Å². The molecule has 0 saturated heterocycles. The Bertz CT molecular complexity index is 350. The van der Waals surface area contributed by atoms with Crippen molar-refractivity contribution in [1.29, 1.82) is 0 Å². The van der Waals surface area contributed by atoms with E-state index in [1.165, 1.54) is 16.9 Å². The minimum atomic E-state index is -2.17. The number of hydrogen-bond acceptors (Lipinski definition) is 2. The van der Waals surface area contributed by atoms with E-state index < -0.39 is 18.4 Å². The van der Waals surface area contributed by atoms with Crippen LogP contribution in [-0.4, -0.2) is 23.3 Å². The van der Waals surface area contributed by atoms with E-state index in [9.17, 15) is 10.1 Å². The number of benzene rings is 1. The number of nitrogens with zero attached hydrogens (tertiary/aromatic N) is 1. The Labute approximate surface area is 101 Å². The van der Waals surface area contributed by atoms with Crippen LogP contribution in [0.15, 0.2) is 24.3 Å². The molecule has 0 radical (unpaired) electrons. The van der Waals surface area contributed by atoms with Crippen LogP contribution < -0.4 is 3.58 Å². The van der Waals surface area contributed by atoms with Crippen molar-refractivity contribution in [3.05, 3.63) is 34.4 Å². The third-order valence-corrected chi connectivity index (χ3v) is 19.8. The zero-order chi connectivity index (χ0) is 12.2. The van der Waals surface area contributed by atoms with Gasteiger partial charge in [0.1, 0.15) is 0 Å². The first-order chi connectivity index (χ1) is 7.59. The van der Waals surface area contributed by atoms with Crippen LogP contribution in [0.2, 0.25) is 13.3 Å². The molecule has 16 heavy (non-hydrogen) atoms. The Balaban J connectivity index is 3.08. The maximum absolute atomic E-state index is 10.6. The molecule has 3 nitrogen and oxygen atoms in total. The molecule has 1 rings (SSSR count). The molecule has 0 spiro atoms. The number of nitro benzene ring substituents is 1. The van der Waals surface area contributed by atoms with Crippen LogP contribution in [-0.2, 0) is 0 Å². The van der Waals surface area contributed by atoms with Crippen molar-refractivity contribution in [2.24, 2.45) is 0 Å². The Kier molecular flexibility index (Phi) is 4.77. The number of nitro groups is 1. The molecule has 0 aliphatic heterocycles. The molecule has 0 heterocycles. The molecular formula is C12H19NO2Sn. The first-order valence-electron chi connectivity index (χ1n) is 5.84. The van der Waals surface area contributed by atoms with Crippen LogP contribution >= 0.6 is 0 Å². The molecule has 0 unspecified atom stereocenters. The van der Waals surface area contributed by atoms with Gasteiger partial charge in [-0.05, 0) is 0 Å². The van der Waals surface area contributed by atoms with E-state index in [2.05, 4.69) is 20.8 Å². The molecule has 0 aliphatic carbocycles. The maximum atomic E-state index is 10.6. The molecule has 0 aromatic heterocycles. The van der Waals surface area contributed by atoms with Crippen molar-refractivity contribution in [3.63, 3.8) is 0 Å². The predicted octanol–water partition coefficient (Wildman–Crippen LogP) is 3.31. The predicted molar refractivity (Wildman–Crippen MR) is 69.9 cm³/mol. The number of rotatable bonds is 5. The number of non-ortho nitro benzene ring substituents is 1. The summed E-state index contributed by atoms with van der Waals surface area (Å²) >= 11 is -2.17. The van der Waals surface area contributed by atoms with E-state index >= 15 is 0 Å². The molecule has 0 N–H and O–H groups in total. The second-order valence-electron chi connectivity index (χ2n) is 4.14. The summed E-state index contributed by atoms with van der Waals surface area (Å²) in [6, 6.07) is 7.29. The number of hydrogen-bond donors (Lipinski definition) is 0. The molecule has 0 fully saturated rings. The summed E-state index contributed by atoms with van der Waals surface area (Å²) in [5.41, 5.74) is 0.201. The Morgan fingerprint density at radius 2 is 1.50 bits per heavy atom. The summed E-state index contributed by atoms with van der Waals surface area (Å²) in [6.07, 6.45) is 0. The van der Waals surface area contributed by atoms with E-state index in [1.807, 2.05) is 12.1 Å². The van der Waals surface area contributed by atoms with Gasteiger partial charge >= 0.3 is 101 Å². The van der Waals surface area contributed by atoms with E-state index in [4.69, 9.17) is 0 Å². The molecular weight excluding hydrogens is 309 g/mol. The van der Waals surface area contributed by atoms with Crippen molar-refractivity contribution in [2.45, 2.75) is 34.1 Å². The summed E-state index contributed by atoms with van der Waals surface area (Å²) in [5.74, 6) is 0. The van der Waals surface area contributed by atoms with Crippen molar-refractivity contribution < 1.29 is 4.92 Å². The monoisotopic (exact) mass is 329 g/mol. The Hall–Kier alpha value is -0.581. The van der Waals surface area contributed by atoms with E-state index in [0.717, 1.165) is 0 Å². The van der Waals surface area contributed by atoms with Gasteiger partial charge in [0, 0.05) is 0 Å². The molecule has 88 valence electrons. The topological polar surface area (TPSA) is 43.1 Å². The summed E-state index contributed by atoms with van der Waals surface area (Å²) in [5, 5.41) is 10.6. The first kappa shape index (κ1) is 13.5. The quantitative estimate of drug-likeness (QED) is 0.473. The summed E-state index contributed by atoms with van der Waals surface area (Å²) in [4.78, 5) is 10.3. The molecule has 0 bridgehead atoms. The summed E-state index contributed by atoms with van der Waals surface area (Å²) in [7, 11) is 0. The van der Waals surface area contributed by atoms with Gasteiger partial charge in [0.2, 0.25) is 0 Å². The molecule has 1 aromatic carbocycles. The van der Waals surface area contributed by atoms with Crippen LogP contribution in [0.25, 0.3) is 0 Å². The average molecular weight is 328 g/mol. The van der Waals surface area contributed by atoms with E-state index in [-0.39, 0.29) is 10.6 Å². The third-order valence-electron chi connectivity index (χ3n) is 3.72. The third kappa shape index (κ3) is 2.56. The van der Waals surface area contributed by atoms with E-state index in [1.54, 1.807) is 12.1 Å². The normalized spacial score (nSPS) is 11.4. The Morgan fingerprint density at radius 3 is 1.81 bits per heavy atom. The van der Waals surface area contributed by atoms with Crippen LogP contribution in [0.3, 0.4) is 0 Å². The van der Waals surface area contributed by atoms with Gasteiger partial charge < -0.3 is 0 Å². The standard InChI is InChI=1S/C6H4NO2.3C2H5.Sn/c8-7(9)6-4-2-1-3-5-6;3*1-2;/h2-5H;3*1H2,2H3;. The zero-order valence-corrected chi connectivity index (χ0v) is 13.0. The van der Waals surface area contributed by atoms with E-state index in [0.29, 0.717) is 0 Å². The van der Waals surface area contributed by atoms with Crippen molar-refractivity contribution in [1.82, 2.24) is 0 Å². The fourth-order valence-electron chi connectivity index (χ4n) is 2.30. The van der Waals surface area contributed by atoms with Gasteiger partial charge in [-0.1, -0.05) is 0 Å². The van der Waals surface area contributed by atoms with Crippen LogP contribution in [0.1, 0.15) is 20.8 Å². The SMILES string of the molecule is C[CH2][Sn]([CH2]C)([CH2]C)[c]1ccc([N+](=O)[O-])cc1. The molecule has 1 aromatic rings. The molecule has 0 saturated carbocycles. The molecule has 0 aliphatic rings. The first-order valence-corrected chi connectivity index (χ1v) is 13.3. The molecule has 4 heteroatoms. The van der Waals surface area contributed by atoms with Gasteiger partial charge in [0.05, 0.1) is 0 Å².